The van der Waals surface area contributed by atoms with Crippen LogP contribution in [0.25, 0.3) is 0 Å². The quantitative estimate of drug-likeness (QED) is 0.796. The second-order valence-corrected chi connectivity index (χ2v) is 4.44. The normalized spacial score (nSPS) is 10.8. The second-order valence-electron chi connectivity index (χ2n) is 4.44. The third kappa shape index (κ3) is 2.98. The number of aromatic nitrogens is 2. The molecule has 0 bridgehead atoms. The van der Waals surface area contributed by atoms with Crippen LogP contribution in [0.1, 0.15) is 25.2 Å². The Bertz CT molecular complexity index is 382. The van der Waals surface area contributed by atoms with Crippen LogP contribution < -0.4 is 11.1 Å². The van der Waals surface area contributed by atoms with Gasteiger partial charge in [0.25, 0.3) is 0 Å². The van der Waals surface area contributed by atoms with Crippen LogP contribution in [0.5, 0.6) is 0 Å². The van der Waals surface area contributed by atoms with Gasteiger partial charge in [-0.3, -0.25) is 9.48 Å². The number of nitrogens with two attached hydrogens (primary N) is 1. The molecular formula is C11H20N4O. The molecule has 1 amide bonds. The van der Waals surface area contributed by atoms with Crippen LogP contribution in [0.4, 0.5) is 5.69 Å². The van der Waals surface area contributed by atoms with Crippen LogP contribution >= 0.6 is 0 Å². The van der Waals surface area contributed by atoms with Crippen molar-refractivity contribution in [1.82, 2.24) is 15.1 Å². The minimum atomic E-state index is -0.0284. The number of aryl methyl sites for hydroxylation is 1. The van der Waals surface area contributed by atoms with Gasteiger partial charge in [-0.1, -0.05) is 13.8 Å². The van der Waals surface area contributed by atoms with Crippen molar-refractivity contribution in [3.63, 3.8) is 0 Å². The van der Waals surface area contributed by atoms with Crippen LogP contribution in [-0.4, -0.2) is 22.2 Å². The standard InChI is InChI=1S/C11H20N4O/c1-7(2)5-13-10(16)6-15-9(4)11(12)8(3)14-15/h7H,5-6,12H2,1-4H3,(H,13,16). The fraction of sp³-hybridized carbons (Fsp3) is 0.636. The van der Waals surface area contributed by atoms with Crippen LogP contribution in [0.2, 0.25) is 0 Å². The van der Waals surface area contributed by atoms with Gasteiger partial charge in [0.05, 0.1) is 17.1 Å². The molecule has 0 aliphatic carbocycles. The molecular weight excluding hydrogens is 204 g/mol. The zero-order valence-corrected chi connectivity index (χ0v) is 10.4. The van der Waals surface area contributed by atoms with Crippen molar-refractivity contribution in [1.29, 1.82) is 0 Å². The number of anilines is 1. The van der Waals surface area contributed by atoms with E-state index in [4.69, 9.17) is 5.73 Å². The van der Waals surface area contributed by atoms with E-state index in [1.807, 2.05) is 13.8 Å². The predicted molar refractivity (Wildman–Crippen MR) is 64.0 cm³/mol. The highest BCUT2D eigenvalue weighted by molar-refractivity contribution is 5.75. The number of rotatable bonds is 4. The summed E-state index contributed by atoms with van der Waals surface area (Å²) < 4.78 is 1.64. The highest BCUT2D eigenvalue weighted by Gasteiger charge is 2.11. The average molecular weight is 224 g/mol. The number of hydrogen-bond donors (Lipinski definition) is 2. The molecule has 0 aliphatic rings. The zero-order valence-electron chi connectivity index (χ0n) is 10.4. The predicted octanol–water partition coefficient (Wildman–Crippen LogP) is 0.854. The van der Waals surface area contributed by atoms with Crippen molar-refractivity contribution in [2.45, 2.75) is 34.2 Å². The number of nitrogens with one attached hydrogen (secondary N) is 1. The number of carbonyl (C=O) groups is 1. The Balaban J connectivity index is 2.60. The van der Waals surface area contributed by atoms with Gasteiger partial charge in [-0.05, 0) is 19.8 Å². The van der Waals surface area contributed by atoms with E-state index in [2.05, 4.69) is 24.3 Å². The Labute approximate surface area is 96.0 Å². The van der Waals surface area contributed by atoms with E-state index < -0.39 is 0 Å². The maximum atomic E-state index is 11.6. The average Bonchev–Trinajstić information content (AvgIpc) is 2.43. The molecule has 1 aromatic heterocycles. The maximum Gasteiger partial charge on any atom is 0.241 e. The minimum Gasteiger partial charge on any atom is -0.396 e. The first-order valence-electron chi connectivity index (χ1n) is 5.48. The number of carbonyl (C=O) groups excluding carboxylic acids is 1. The zero-order chi connectivity index (χ0) is 12.3. The van der Waals surface area contributed by atoms with E-state index in [1.54, 1.807) is 4.68 Å². The largest absolute Gasteiger partial charge is 0.396 e. The summed E-state index contributed by atoms with van der Waals surface area (Å²) in [5.41, 5.74) is 8.07. The van der Waals surface area contributed by atoms with Crippen molar-refractivity contribution in [3.8, 4) is 0 Å². The summed E-state index contributed by atoms with van der Waals surface area (Å²) in [6.45, 7) is 8.74. The topological polar surface area (TPSA) is 72.9 Å². The lowest BCUT2D eigenvalue weighted by atomic mass is 10.2. The monoisotopic (exact) mass is 224 g/mol. The van der Waals surface area contributed by atoms with Crippen LogP contribution in [-0.2, 0) is 11.3 Å². The fourth-order valence-electron chi connectivity index (χ4n) is 1.37. The Hall–Kier alpha value is -1.52. The molecule has 5 heteroatoms. The molecule has 0 aromatic carbocycles. The van der Waals surface area contributed by atoms with Gasteiger partial charge in [-0.25, -0.2) is 0 Å². The first-order chi connectivity index (χ1) is 7.41. The molecule has 0 aliphatic heterocycles. The van der Waals surface area contributed by atoms with E-state index in [0.29, 0.717) is 18.2 Å². The smallest absolute Gasteiger partial charge is 0.241 e. The van der Waals surface area contributed by atoms with Gasteiger partial charge < -0.3 is 11.1 Å². The summed E-state index contributed by atoms with van der Waals surface area (Å²) in [6, 6.07) is 0. The highest BCUT2D eigenvalue weighted by atomic mass is 16.2. The van der Waals surface area contributed by atoms with E-state index in [9.17, 15) is 4.79 Å². The summed E-state index contributed by atoms with van der Waals surface area (Å²) in [5.74, 6) is 0.425. The third-order valence-corrected chi connectivity index (χ3v) is 2.44. The van der Waals surface area contributed by atoms with Crippen molar-refractivity contribution < 1.29 is 4.79 Å². The van der Waals surface area contributed by atoms with Gasteiger partial charge in [-0.2, -0.15) is 5.10 Å². The SMILES string of the molecule is Cc1nn(CC(=O)NCC(C)C)c(C)c1N. The second kappa shape index (κ2) is 5.01. The summed E-state index contributed by atoms with van der Waals surface area (Å²) in [5, 5.41) is 7.05. The Morgan fingerprint density at radius 3 is 2.56 bits per heavy atom. The molecule has 0 radical (unpaired) electrons. The molecule has 0 atom stereocenters. The Morgan fingerprint density at radius 2 is 2.12 bits per heavy atom. The van der Waals surface area contributed by atoms with Gasteiger partial charge in [-0.15, -0.1) is 0 Å². The molecule has 90 valence electrons. The van der Waals surface area contributed by atoms with Gasteiger partial charge in [0.15, 0.2) is 0 Å². The number of amides is 1. The van der Waals surface area contributed by atoms with E-state index in [0.717, 1.165) is 11.4 Å². The molecule has 0 saturated heterocycles. The van der Waals surface area contributed by atoms with Gasteiger partial charge >= 0.3 is 0 Å². The molecule has 0 fully saturated rings. The molecule has 1 aromatic rings. The van der Waals surface area contributed by atoms with Crippen molar-refractivity contribution in [2.75, 3.05) is 12.3 Å². The minimum absolute atomic E-state index is 0.0284. The summed E-state index contributed by atoms with van der Waals surface area (Å²) in [4.78, 5) is 11.6. The molecule has 0 spiro atoms. The summed E-state index contributed by atoms with van der Waals surface area (Å²) in [7, 11) is 0. The van der Waals surface area contributed by atoms with Gasteiger partial charge in [0, 0.05) is 6.54 Å². The molecule has 5 nitrogen and oxygen atoms in total. The lowest BCUT2D eigenvalue weighted by Gasteiger charge is -2.08. The van der Waals surface area contributed by atoms with E-state index >= 15 is 0 Å². The molecule has 0 unspecified atom stereocenters. The summed E-state index contributed by atoms with van der Waals surface area (Å²) in [6.07, 6.45) is 0. The Morgan fingerprint density at radius 1 is 1.50 bits per heavy atom. The van der Waals surface area contributed by atoms with Crippen molar-refractivity contribution >= 4 is 11.6 Å². The fourth-order valence-corrected chi connectivity index (χ4v) is 1.37. The number of nitrogens with zero attached hydrogens (tertiary/aromatic N) is 2. The molecule has 1 heterocycles. The lowest BCUT2D eigenvalue weighted by Crippen LogP contribution is -2.31. The first kappa shape index (κ1) is 12.5. The number of nitrogen functional groups attached to an aromatic ring is 1. The first-order valence-corrected chi connectivity index (χ1v) is 5.48. The number of hydrogen-bond acceptors (Lipinski definition) is 3. The Kier molecular flexibility index (Phi) is 3.93. The molecule has 3 N–H and O–H groups in total. The van der Waals surface area contributed by atoms with E-state index in [-0.39, 0.29) is 12.5 Å². The van der Waals surface area contributed by atoms with E-state index in [1.165, 1.54) is 0 Å². The van der Waals surface area contributed by atoms with Crippen molar-refractivity contribution in [3.05, 3.63) is 11.4 Å². The molecule has 1 rings (SSSR count). The van der Waals surface area contributed by atoms with Gasteiger partial charge in [0.1, 0.15) is 6.54 Å². The third-order valence-electron chi connectivity index (χ3n) is 2.44. The summed E-state index contributed by atoms with van der Waals surface area (Å²) >= 11 is 0. The maximum absolute atomic E-state index is 11.6. The highest BCUT2D eigenvalue weighted by Crippen LogP contribution is 2.14. The van der Waals surface area contributed by atoms with Crippen LogP contribution in [0.3, 0.4) is 0 Å². The van der Waals surface area contributed by atoms with Crippen LogP contribution in [0, 0.1) is 19.8 Å². The molecule has 16 heavy (non-hydrogen) atoms. The van der Waals surface area contributed by atoms with Crippen LogP contribution in [0.15, 0.2) is 0 Å². The van der Waals surface area contributed by atoms with Gasteiger partial charge in [0.2, 0.25) is 5.91 Å². The molecule has 0 saturated carbocycles. The lowest BCUT2D eigenvalue weighted by molar-refractivity contribution is -0.122. The van der Waals surface area contributed by atoms with Crippen molar-refractivity contribution in [2.24, 2.45) is 5.92 Å².